The van der Waals surface area contributed by atoms with Crippen molar-refractivity contribution in [3.8, 4) is 0 Å². The summed E-state index contributed by atoms with van der Waals surface area (Å²) in [6.07, 6.45) is 5.52. The molecular formula is C11H21NOS. The second kappa shape index (κ2) is 5.79. The molecule has 14 heavy (non-hydrogen) atoms. The van der Waals surface area contributed by atoms with Crippen molar-refractivity contribution in [2.75, 3.05) is 32.6 Å². The molecule has 1 N–H and O–H groups in total. The maximum absolute atomic E-state index is 5.38. The summed E-state index contributed by atoms with van der Waals surface area (Å²) < 4.78 is 5.71. The van der Waals surface area contributed by atoms with Crippen molar-refractivity contribution in [3.63, 3.8) is 0 Å². The quantitative estimate of drug-likeness (QED) is 0.709. The minimum Gasteiger partial charge on any atom is -0.377 e. The summed E-state index contributed by atoms with van der Waals surface area (Å²) in [5.41, 5.74) is 1.40. The summed E-state index contributed by atoms with van der Waals surface area (Å²) in [4.78, 5) is 0. The van der Waals surface area contributed by atoms with Gasteiger partial charge in [0.15, 0.2) is 0 Å². The smallest absolute Gasteiger partial charge is 0.0689 e. The van der Waals surface area contributed by atoms with E-state index >= 15 is 0 Å². The normalized spacial score (nSPS) is 18.1. The van der Waals surface area contributed by atoms with Crippen molar-refractivity contribution < 1.29 is 4.74 Å². The molecule has 82 valence electrons. The van der Waals surface area contributed by atoms with Gasteiger partial charge in [-0.15, -0.1) is 0 Å². The van der Waals surface area contributed by atoms with E-state index < -0.39 is 0 Å². The molecule has 3 heteroatoms. The van der Waals surface area contributed by atoms with Gasteiger partial charge in [-0.2, -0.15) is 11.8 Å². The Bertz CT molecular complexity index is 201. The molecule has 0 aromatic heterocycles. The zero-order chi connectivity index (χ0) is 10.4. The van der Waals surface area contributed by atoms with E-state index in [0.29, 0.717) is 4.75 Å². The first-order valence-electron chi connectivity index (χ1n) is 5.15. The highest BCUT2D eigenvalue weighted by atomic mass is 32.2. The van der Waals surface area contributed by atoms with E-state index in [4.69, 9.17) is 4.74 Å². The predicted octanol–water partition coefficient (Wildman–Crippen LogP) is 2.06. The molecule has 0 bridgehead atoms. The van der Waals surface area contributed by atoms with E-state index in [9.17, 15) is 0 Å². The van der Waals surface area contributed by atoms with E-state index in [0.717, 1.165) is 32.7 Å². The fourth-order valence-corrected chi connectivity index (χ4v) is 1.57. The second-order valence-electron chi connectivity index (χ2n) is 4.27. The summed E-state index contributed by atoms with van der Waals surface area (Å²) in [5.74, 6) is 0. The van der Waals surface area contributed by atoms with E-state index in [-0.39, 0.29) is 0 Å². The van der Waals surface area contributed by atoms with E-state index in [2.05, 4.69) is 31.5 Å². The Morgan fingerprint density at radius 1 is 1.57 bits per heavy atom. The number of hydrogen-bond acceptors (Lipinski definition) is 3. The predicted molar refractivity (Wildman–Crippen MR) is 64.0 cm³/mol. The first kappa shape index (κ1) is 12.1. The van der Waals surface area contributed by atoms with Crippen molar-refractivity contribution in [3.05, 3.63) is 11.6 Å². The van der Waals surface area contributed by atoms with Crippen molar-refractivity contribution in [2.45, 2.75) is 25.0 Å². The first-order chi connectivity index (χ1) is 6.64. The second-order valence-corrected chi connectivity index (χ2v) is 5.78. The van der Waals surface area contributed by atoms with Crippen LogP contribution in [0, 0.1) is 0 Å². The highest BCUT2D eigenvalue weighted by molar-refractivity contribution is 7.99. The molecule has 0 spiro atoms. The largest absolute Gasteiger partial charge is 0.377 e. The van der Waals surface area contributed by atoms with Gasteiger partial charge in [0, 0.05) is 17.8 Å². The van der Waals surface area contributed by atoms with Gasteiger partial charge in [-0.25, -0.2) is 0 Å². The molecule has 0 saturated heterocycles. The molecule has 0 aliphatic carbocycles. The van der Waals surface area contributed by atoms with Crippen LogP contribution in [0.1, 0.15) is 20.3 Å². The average Bonchev–Trinajstić information content (AvgIpc) is 2.19. The standard InChI is InChI=1S/C11H21NOS/c1-11(2,14-3)9-12-7-10-5-4-6-13-8-10/h5,12H,4,6-9H2,1-3H3. The molecular weight excluding hydrogens is 194 g/mol. The van der Waals surface area contributed by atoms with E-state index in [1.54, 1.807) is 0 Å². The number of thioether (sulfide) groups is 1. The lowest BCUT2D eigenvalue weighted by molar-refractivity contribution is 0.148. The molecule has 1 aliphatic rings. The molecule has 1 heterocycles. The van der Waals surface area contributed by atoms with Crippen molar-refractivity contribution in [2.24, 2.45) is 0 Å². The van der Waals surface area contributed by atoms with E-state index in [1.165, 1.54) is 5.57 Å². The topological polar surface area (TPSA) is 21.3 Å². The van der Waals surface area contributed by atoms with Gasteiger partial charge in [-0.1, -0.05) is 6.08 Å². The highest BCUT2D eigenvalue weighted by Gasteiger charge is 2.15. The van der Waals surface area contributed by atoms with Crippen LogP contribution >= 0.6 is 11.8 Å². The molecule has 0 radical (unpaired) electrons. The van der Waals surface area contributed by atoms with Gasteiger partial charge in [-0.05, 0) is 32.1 Å². The maximum Gasteiger partial charge on any atom is 0.0689 e. The van der Waals surface area contributed by atoms with Gasteiger partial charge in [-0.3, -0.25) is 0 Å². The Kier molecular flexibility index (Phi) is 4.99. The Balaban J connectivity index is 2.17. The molecule has 0 aromatic carbocycles. The molecule has 0 fully saturated rings. The van der Waals surface area contributed by atoms with Crippen LogP contribution in [-0.2, 0) is 4.74 Å². The molecule has 0 saturated carbocycles. The number of hydrogen-bond donors (Lipinski definition) is 1. The Morgan fingerprint density at radius 3 is 2.93 bits per heavy atom. The fraction of sp³-hybridized carbons (Fsp3) is 0.818. The highest BCUT2D eigenvalue weighted by Crippen LogP contribution is 2.19. The van der Waals surface area contributed by atoms with Crippen molar-refractivity contribution >= 4 is 11.8 Å². The summed E-state index contributed by atoms with van der Waals surface area (Å²) >= 11 is 1.90. The zero-order valence-electron chi connectivity index (χ0n) is 9.43. The summed E-state index contributed by atoms with van der Waals surface area (Å²) in [5, 5.41) is 3.48. The summed E-state index contributed by atoms with van der Waals surface area (Å²) in [6.45, 7) is 8.24. The molecule has 1 aliphatic heterocycles. The third-order valence-electron chi connectivity index (χ3n) is 2.44. The van der Waals surface area contributed by atoms with E-state index in [1.807, 2.05) is 11.8 Å². The zero-order valence-corrected chi connectivity index (χ0v) is 10.2. The van der Waals surface area contributed by atoms with Crippen molar-refractivity contribution in [1.29, 1.82) is 0 Å². The third-order valence-corrected chi connectivity index (χ3v) is 3.69. The Hall–Kier alpha value is 0.01000. The van der Waals surface area contributed by atoms with Crippen LogP contribution in [0.5, 0.6) is 0 Å². The molecule has 0 unspecified atom stereocenters. The number of rotatable bonds is 5. The first-order valence-corrected chi connectivity index (χ1v) is 6.38. The lowest BCUT2D eigenvalue weighted by Gasteiger charge is -2.23. The van der Waals surface area contributed by atoms with Gasteiger partial charge in [0.2, 0.25) is 0 Å². The number of nitrogens with one attached hydrogen (secondary N) is 1. The lowest BCUT2D eigenvalue weighted by atomic mass is 10.1. The van der Waals surface area contributed by atoms with Crippen LogP contribution in [0.4, 0.5) is 0 Å². The monoisotopic (exact) mass is 215 g/mol. The van der Waals surface area contributed by atoms with Gasteiger partial charge in [0.1, 0.15) is 0 Å². The van der Waals surface area contributed by atoms with Crippen LogP contribution in [0.2, 0.25) is 0 Å². The minimum absolute atomic E-state index is 0.329. The molecule has 2 nitrogen and oxygen atoms in total. The van der Waals surface area contributed by atoms with Crippen LogP contribution in [0.15, 0.2) is 11.6 Å². The van der Waals surface area contributed by atoms with Crippen LogP contribution in [0.3, 0.4) is 0 Å². The van der Waals surface area contributed by atoms with Gasteiger partial charge in [0.25, 0.3) is 0 Å². The van der Waals surface area contributed by atoms with Crippen LogP contribution in [0.25, 0.3) is 0 Å². The third kappa shape index (κ3) is 4.49. The Labute approximate surface area is 91.5 Å². The average molecular weight is 215 g/mol. The summed E-state index contributed by atoms with van der Waals surface area (Å²) in [7, 11) is 0. The fourth-order valence-electron chi connectivity index (χ4n) is 1.33. The van der Waals surface area contributed by atoms with Crippen LogP contribution < -0.4 is 5.32 Å². The molecule has 0 amide bonds. The molecule has 0 aromatic rings. The lowest BCUT2D eigenvalue weighted by Crippen LogP contribution is -2.34. The van der Waals surface area contributed by atoms with Gasteiger partial charge < -0.3 is 10.1 Å². The SMILES string of the molecule is CSC(C)(C)CNCC1=CCCOC1. The Morgan fingerprint density at radius 2 is 2.36 bits per heavy atom. The van der Waals surface area contributed by atoms with Crippen molar-refractivity contribution in [1.82, 2.24) is 5.32 Å². The van der Waals surface area contributed by atoms with Gasteiger partial charge >= 0.3 is 0 Å². The minimum atomic E-state index is 0.329. The van der Waals surface area contributed by atoms with Crippen LogP contribution in [-0.4, -0.2) is 37.3 Å². The summed E-state index contributed by atoms with van der Waals surface area (Å²) in [6, 6.07) is 0. The molecule has 1 rings (SSSR count). The molecule has 0 atom stereocenters. The maximum atomic E-state index is 5.38. The van der Waals surface area contributed by atoms with Gasteiger partial charge in [0.05, 0.1) is 13.2 Å². The number of ether oxygens (including phenoxy) is 1.